The van der Waals surface area contributed by atoms with E-state index in [-0.39, 0.29) is 11.6 Å². The minimum absolute atomic E-state index is 0.181. The minimum atomic E-state index is -2.57. The largest absolute Gasteiger partial charge is 0.480 e. The maximum Gasteiger partial charge on any atom is 0.280 e. The quantitative estimate of drug-likeness (QED) is 0.806. The van der Waals surface area contributed by atoms with Gasteiger partial charge in [0.05, 0.1) is 11.6 Å². The molecular formula is C8H8BrF2NO. The highest BCUT2D eigenvalue weighted by molar-refractivity contribution is 9.10. The summed E-state index contributed by atoms with van der Waals surface area (Å²) in [5.74, 6) is 0.181. The van der Waals surface area contributed by atoms with Crippen LogP contribution in [-0.2, 0) is 0 Å². The van der Waals surface area contributed by atoms with E-state index in [1.165, 1.54) is 7.11 Å². The molecule has 5 heteroatoms. The summed E-state index contributed by atoms with van der Waals surface area (Å²) >= 11 is 3.16. The Labute approximate surface area is 83.1 Å². The summed E-state index contributed by atoms with van der Waals surface area (Å²) in [4.78, 5) is 3.67. The molecule has 1 rings (SSSR count). The second kappa shape index (κ2) is 4.00. The lowest BCUT2D eigenvalue weighted by Crippen LogP contribution is -1.98. The van der Waals surface area contributed by atoms with Crippen LogP contribution >= 0.6 is 15.9 Å². The van der Waals surface area contributed by atoms with Gasteiger partial charge in [0.2, 0.25) is 5.88 Å². The molecule has 0 aromatic carbocycles. The van der Waals surface area contributed by atoms with Gasteiger partial charge in [0.15, 0.2) is 0 Å². The van der Waals surface area contributed by atoms with E-state index >= 15 is 0 Å². The number of methoxy groups -OCH3 is 1. The van der Waals surface area contributed by atoms with E-state index < -0.39 is 6.43 Å². The topological polar surface area (TPSA) is 22.1 Å². The molecule has 0 aliphatic carbocycles. The van der Waals surface area contributed by atoms with Crippen molar-refractivity contribution in [2.45, 2.75) is 13.3 Å². The van der Waals surface area contributed by atoms with Gasteiger partial charge in [-0.15, -0.1) is 0 Å². The first kappa shape index (κ1) is 10.4. The summed E-state index contributed by atoms with van der Waals surface area (Å²) in [6.07, 6.45) is -2.57. The van der Waals surface area contributed by atoms with Crippen LogP contribution in [-0.4, -0.2) is 12.1 Å². The lowest BCUT2D eigenvalue weighted by Gasteiger charge is -2.07. The van der Waals surface area contributed by atoms with Gasteiger partial charge in [-0.05, 0) is 34.5 Å². The first-order valence-electron chi connectivity index (χ1n) is 3.55. The molecule has 0 atom stereocenters. The fraction of sp³-hybridized carbons (Fsp3) is 0.375. The normalized spacial score (nSPS) is 10.6. The first-order valence-corrected chi connectivity index (χ1v) is 4.34. The Balaban J connectivity index is 3.22. The summed E-state index contributed by atoms with van der Waals surface area (Å²) in [5.41, 5.74) is 0.211. The Hall–Kier alpha value is -0.710. The lowest BCUT2D eigenvalue weighted by atomic mass is 10.2. The Morgan fingerprint density at radius 2 is 2.15 bits per heavy atom. The molecule has 0 aliphatic rings. The van der Waals surface area contributed by atoms with Gasteiger partial charge in [0.1, 0.15) is 5.69 Å². The molecule has 0 bridgehead atoms. The van der Waals surface area contributed by atoms with E-state index in [0.717, 1.165) is 0 Å². The van der Waals surface area contributed by atoms with Crippen molar-refractivity contribution in [1.82, 2.24) is 4.98 Å². The van der Waals surface area contributed by atoms with Crippen LogP contribution in [0.2, 0.25) is 0 Å². The summed E-state index contributed by atoms with van der Waals surface area (Å²) in [7, 11) is 1.39. The Morgan fingerprint density at radius 3 is 2.62 bits per heavy atom. The third kappa shape index (κ3) is 2.15. The molecule has 0 N–H and O–H groups in total. The first-order chi connectivity index (χ1) is 6.06. The van der Waals surface area contributed by atoms with Crippen molar-refractivity contribution in [3.8, 4) is 5.88 Å². The second-order valence-electron chi connectivity index (χ2n) is 2.48. The van der Waals surface area contributed by atoms with E-state index in [0.29, 0.717) is 10.0 Å². The number of halogens is 3. The molecule has 1 aromatic rings. The molecular weight excluding hydrogens is 244 g/mol. The van der Waals surface area contributed by atoms with Gasteiger partial charge in [-0.2, -0.15) is 0 Å². The average Bonchev–Trinajstić information content (AvgIpc) is 2.03. The molecule has 0 saturated heterocycles. The van der Waals surface area contributed by atoms with Crippen LogP contribution in [0.4, 0.5) is 8.78 Å². The van der Waals surface area contributed by atoms with Crippen LogP contribution < -0.4 is 4.74 Å². The predicted octanol–water partition coefficient (Wildman–Crippen LogP) is 3.10. The van der Waals surface area contributed by atoms with E-state index in [2.05, 4.69) is 20.9 Å². The summed E-state index contributed by atoms with van der Waals surface area (Å²) in [6, 6.07) is 1.56. The van der Waals surface area contributed by atoms with Crippen molar-refractivity contribution in [2.24, 2.45) is 0 Å². The van der Waals surface area contributed by atoms with Crippen LogP contribution in [0.3, 0.4) is 0 Å². The average molecular weight is 252 g/mol. The molecule has 1 heterocycles. The molecule has 1 aromatic heterocycles. The van der Waals surface area contributed by atoms with Gasteiger partial charge < -0.3 is 4.74 Å². The van der Waals surface area contributed by atoms with Crippen molar-refractivity contribution in [1.29, 1.82) is 0 Å². The van der Waals surface area contributed by atoms with E-state index in [1.807, 2.05) is 0 Å². The fourth-order valence-corrected chi connectivity index (χ4v) is 1.53. The van der Waals surface area contributed by atoms with Gasteiger partial charge in [0, 0.05) is 0 Å². The van der Waals surface area contributed by atoms with E-state index in [9.17, 15) is 8.78 Å². The molecule has 72 valence electrons. The number of rotatable bonds is 2. The number of nitrogens with zero attached hydrogens (tertiary/aromatic N) is 1. The van der Waals surface area contributed by atoms with Gasteiger partial charge in [-0.1, -0.05) is 0 Å². The molecule has 0 fully saturated rings. The smallest absolute Gasteiger partial charge is 0.280 e. The number of hydrogen-bond acceptors (Lipinski definition) is 2. The predicted molar refractivity (Wildman–Crippen MR) is 48.2 cm³/mol. The van der Waals surface area contributed by atoms with Crippen molar-refractivity contribution >= 4 is 15.9 Å². The molecule has 0 radical (unpaired) electrons. The highest BCUT2D eigenvalue weighted by atomic mass is 79.9. The lowest BCUT2D eigenvalue weighted by molar-refractivity contribution is 0.144. The molecule has 0 amide bonds. The summed E-state index contributed by atoms with van der Waals surface area (Å²) in [6.45, 7) is 1.58. The van der Waals surface area contributed by atoms with Crippen molar-refractivity contribution in [3.05, 3.63) is 21.8 Å². The molecule has 13 heavy (non-hydrogen) atoms. The van der Waals surface area contributed by atoms with Crippen molar-refractivity contribution in [3.63, 3.8) is 0 Å². The number of aryl methyl sites for hydroxylation is 1. The number of aromatic nitrogens is 1. The third-order valence-corrected chi connectivity index (χ3v) is 2.14. The van der Waals surface area contributed by atoms with Gasteiger partial charge in [-0.3, -0.25) is 0 Å². The maximum absolute atomic E-state index is 12.3. The number of pyridine rings is 1. The molecule has 0 spiro atoms. The third-order valence-electron chi connectivity index (χ3n) is 1.57. The van der Waals surface area contributed by atoms with Crippen LogP contribution in [0.25, 0.3) is 0 Å². The Morgan fingerprint density at radius 1 is 1.54 bits per heavy atom. The van der Waals surface area contributed by atoms with Gasteiger partial charge >= 0.3 is 0 Å². The monoisotopic (exact) mass is 251 g/mol. The van der Waals surface area contributed by atoms with Crippen LogP contribution in [0, 0.1) is 6.92 Å². The molecule has 2 nitrogen and oxygen atoms in total. The molecule has 0 aliphatic heterocycles. The Bertz CT molecular complexity index is 317. The molecule has 0 saturated carbocycles. The zero-order chi connectivity index (χ0) is 10.0. The number of alkyl halides is 2. The SMILES string of the molecule is COc1nc(C(F)F)c(C)cc1Br. The summed E-state index contributed by atoms with van der Waals surface area (Å²) < 4.78 is 30.1. The summed E-state index contributed by atoms with van der Waals surface area (Å²) in [5, 5.41) is 0. The standard InChI is InChI=1S/C8H8BrF2NO/c1-4-3-5(9)8(13-2)12-6(4)7(10)11/h3,7H,1-2H3. The van der Waals surface area contributed by atoms with E-state index in [1.54, 1.807) is 13.0 Å². The van der Waals surface area contributed by atoms with Crippen LogP contribution in [0.5, 0.6) is 5.88 Å². The van der Waals surface area contributed by atoms with Crippen LogP contribution in [0.1, 0.15) is 17.7 Å². The highest BCUT2D eigenvalue weighted by Gasteiger charge is 2.15. The highest BCUT2D eigenvalue weighted by Crippen LogP contribution is 2.29. The van der Waals surface area contributed by atoms with Crippen LogP contribution in [0.15, 0.2) is 10.5 Å². The molecule has 0 unspecified atom stereocenters. The second-order valence-corrected chi connectivity index (χ2v) is 3.34. The van der Waals surface area contributed by atoms with Crippen molar-refractivity contribution in [2.75, 3.05) is 7.11 Å². The number of hydrogen-bond donors (Lipinski definition) is 0. The minimum Gasteiger partial charge on any atom is -0.480 e. The van der Waals surface area contributed by atoms with Crippen molar-refractivity contribution < 1.29 is 13.5 Å². The maximum atomic E-state index is 12.3. The Kier molecular flexibility index (Phi) is 3.19. The van der Waals surface area contributed by atoms with Gasteiger partial charge in [-0.25, -0.2) is 13.8 Å². The van der Waals surface area contributed by atoms with E-state index in [4.69, 9.17) is 4.74 Å². The zero-order valence-corrected chi connectivity index (χ0v) is 8.73. The zero-order valence-electron chi connectivity index (χ0n) is 7.14. The number of ether oxygens (including phenoxy) is 1. The fourth-order valence-electron chi connectivity index (χ4n) is 0.941. The van der Waals surface area contributed by atoms with Gasteiger partial charge in [0.25, 0.3) is 6.43 Å².